The van der Waals surface area contributed by atoms with Gasteiger partial charge in [-0.1, -0.05) is 41.4 Å². The normalized spacial score (nSPS) is 27.0. The predicted octanol–water partition coefficient (Wildman–Crippen LogP) is 3.76. The zero-order valence-electron chi connectivity index (χ0n) is 18.1. The number of nitrogens with one attached hydrogen (secondary N) is 1. The van der Waals surface area contributed by atoms with Crippen molar-refractivity contribution in [3.05, 3.63) is 64.7 Å². The molecule has 4 atom stereocenters. The Morgan fingerprint density at radius 1 is 1.12 bits per heavy atom. The molecular formula is C24H25ClN2O4S. The van der Waals surface area contributed by atoms with Crippen molar-refractivity contribution in [1.82, 2.24) is 5.32 Å². The number of anilines is 1. The average Bonchev–Trinajstić information content (AvgIpc) is 3.27. The van der Waals surface area contributed by atoms with Gasteiger partial charge in [-0.3, -0.25) is 19.7 Å². The molecule has 1 N–H and O–H groups in total. The second kappa shape index (κ2) is 8.89. The van der Waals surface area contributed by atoms with E-state index >= 15 is 0 Å². The largest absolute Gasteiger partial charge is 0.468 e. The molecule has 2 aliphatic rings. The molecule has 2 saturated heterocycles. The fraction of sp³-hybridized carbons (Fsp3) is 0.375. The standard InChI is InChI=1S/C24H25ClN2O4S/c1-14-4-10-17(11-5-14)27-21(28)18-19(22(27)29)24(12-13-32-3,23(30)31-2)26-20(18)15-6-8-16(25)9-7-15/h4-11,18-20,26H,12-13H2,1-3H3/t18-,19+,20-,24-/m1/s1. The van der Waals surface area contributed by atoms with Gasteiger partial charge in [-0.15, -0.1) is 0 Å². The zero-order chi connectivity index (χ0) is 23.0. The quantitative estimate of drug-likeness (QED) is 0.509. The summed E-state index contributed by atoms with van der Waals surface area (Å²) < 4.78 is 5.17. The molecule has 8 heteroatoms. The molecule has 0 unspecified atom stereocenters. The van der Waals surface area contributed by atoms with E-state index in [9.17, 15) is 14.4 Å². The molecular weight excluding hydrogens is 448 g/mol. The number of methoxy groups -OCH3 is 1. The van der Waals surface area contributed by atoms with Gasteiger partial charge >= 0.3 is 5.97 Å². The van der Waals surface area contributed by atoms with E-state index in [1.807, 2.05) is 37.4 Å². The average molecular weight is 473 g/mol. The minimum atomic E-state index is -1.29. The number of fused-ring (bicyclic) bond motifs is 1. The molecule has 6 nitrogen and oxygen atoms in total. The molecule has 0 spiro atoms. The van der Waals surface area contributed by atoms with Gasteiger partial charge in [-0.05, 0) is 55.2 Å². The lowest BCUT2D eigenvalue weighted by molar-refractivity contribution is -0.152. The van der Waals surface area contributed by atoms with Crippen molar-refractivity contribution in [2.24, 2.45) is 11.8 Å². The van der Waals surface area contributed by atoms with Crippen molar-refractivity contribution in [3.63, 3.8) is 0 Å². The lowest BCUT2D eigenvalue weighted by Crippen LogP contribution is -2.56. The molecule has 0 aliphatic carbocycles. The van der Waals surface area contributed by atoms with E-state index in [1.165, 1.54) is 12.0 Å². The highest BCUT2D eigenvalue weighted by Gasteiger charge is 2.68. The molecule has 4 rings (SSSR count). The topological polar surface area (TPSA) is 75.7 Å². The first-order valence-electron chi connectivity index (χ1n) is 10.4. The number of imide groups is 1. The van der Waals surface area contributed by atoms with Crippen LogP contribution in [0.15, 0.2) is 48.5 Å². The molecule has 0 bridgehead atoms. The summed E-state index contributed by atoms with van der Waals surface area (Å²) in [7, 11) is 1.31. The van der Waals surface area contributed by atoms with Gasteiger partial charge in [-0.25, -0.2) is 4.90 Å². The number of esters is 1. The number of hydrogen-bond donors (Lipinski definition) is 1. The summed E-state index contributed by atoms with van der Waals surface area (Å²) >= 11 is 7.64. The van der Waals surface area contributed by atoms with Gasteiger partial charge in [0.1, 0.15) is 5.54 Å². The van der Waals surface area contributed by atoms with Crippen LogP contribution in [0.5, 0.6) is 0 Å². The Morgan fingerprint density at radius 2 is 1.78 bits per heavy atom. The van der Waals surface area contributed by atoms with Crippen LogP contribution < -0.4 is 10.2 Å². The minimum Gasteiger partial charge on any atom is -0.468 e. The first-order chi connectivity index (χ1) is 15.3. The zero-order valence-corrected chi connectivity index (χ0v) is 19.7. The highest BCUT2D eigenvalue weighted by molar-refractivity contribution is 7.98. The Kier molecular flexibility index (Phi) is 6.34. The molecule has 2 heterocycles. The fourth-order valence-corrected chi connectivity index (χ4v) is 5.52. The van der Waals surface area contributed by atoms with Gasteiger partial charge in [0.05, 0.1) is 24.6 Å². The van der Waals surface area contributed by atoms with Crippen LogP contribution in [0.2, 0.25) is 5.02 Å². The van der Waals surface area contributed by atoms with E-state index in [0.717, 1.165) is 11.1 Å². The number of nitrogens with zero attached hydrogens (tertiary/aromatic N) is 1. The van der Waals surface area contributed by atoms with Gasteiger partial charge in [-0.2, -0.15) is 11.8 Å². The maximum absolute atomic E-state index is 13.7. The number of halogens is 1. The number of hydrogen-bond acceptors (Lipinski definition) is 6. The summed E-state index contributed by atoms with van der Waals surface area (Å²) in [6, 6.07) is 13.9. The number of rotatable bonds is 6. The highest BCUT2D eigenvalue weighted by atomic mass is 35.5. The van der Waals surface area contributed by atoms with E-state index < -0.39 is 29.4 Å². The molecule has 0 saturated carbocycles. The molecule has 32 heavy (non-hydrogen) atoms. The number of carbonyl (C=O) groups is 3. The van der Waals surface area contributed by atoms with Crippen LogP contribution in [0.1, 0.15) is 23.6 Å². The summed E-state index contributed by atoms with van der Waals surface area (Å²) in [6.45, 7) is 1.94. The number of carbonyl (C=O) groups excluding carboxylic acids is 3. The van der Waals surface area contributed by atoms with Crippen LogP contribution in [-0.4, -0.2) is 42.4 Å². The second-order valence-electron chi connectivity index (χ2n) is 8.23. The number of benzene rings is 2. The van der Waals surface area contributed by atoms with E-state index in [-0.39, 0.29) is 11.8 Å². The van der Waals surface area contributed by atoms with E-state index in [0.29, 0.717) is 22.9 Å². The molecule has 0 aromatic heterocycles. The van der Waals surface area contributed by atoms with Gasteiger partial charge in [0, 0.05) is 11.1 Å². The Balaban J connectivity index is 1.85. The summed E-state index contributed by atoms with van der Waals surface area (Å²) in [5, 5.41) is 3.94. The second-order valence-corrected chi connectivity index (χ2v) is 9.65. The molecule has 2 aromatic carbocycles. The lowest BCUT2D eigenvalue weighted by Gasteiger charge is -2.32. The van der Waals surface area contributed by atoms with Crippen molar-refractivity contribution in [2.45, 2.75) is 24.9 Å². The summed E-state index contributed by atoms with van der Waals surface area (Å²) in [6.07, 6.45) is 2.31. The van der Waals surface area contributed by atoms with Crippen LogP contribution in [0.4, 0.5) is 5.69 Å². The van der Waals surface area contributed by atoms with Crippen LogP contribution >= 0.6 is 23.4 Å². The highest BCUT2D eigenvalue weighted by Crippen LogP contribution is 2.51. The monoisotopic (exact) mass is 472 g/mol. The van der Waals surface area contributed by atoms with Crippen molar-refractivity contribution < 1.29 is 19.1 Å². The SMILES string of the molecule is COC(=O)[C@]1(CCSC)N[C@H](c2ccc(Cl)cc2)[C@@H]2C(=O)N(c3ccc(C)cc3)C(=O)[C@H]21. The number of aryl methyl sites for hydroxylation is 1. The van der Waals surface area contributed by atoms with Crippen molar-refractivity contribution in [1.29, 1.82) is 0 Å². The molecule has 2 aromatic rings. The third kappa shape index (κ3) is 3.62. The Bertz CT molecular complexity index is 1040. The van der Waals surface area contributed by atoms with Crippen LogP contribution in [0.3, 0.4) is 0 Å². The summed E-state index contributed by atoms with van der Waals surface area (Å²) in [5.41, 5.74) is 1.04. The van der Waals surface area contributed by atoms with Crippen molar-refractivity contribution >= 4 is 46.8 Å². The lowest BCUT2D eigenvalue weighted by atomic mass is 9.78. The molecule has 168 valence electrons. The number of ether oxygens (including phenoxy) is 1. The van der Waals surface area contributed by atoms with E-state index in [1.54, 1.807) is 36.0 Å². The van der Waals surface area contributed by atoms with Gasteiger partial charge < -0.3 is 4.74 Å². The first-order valence-corrected chi connectivity index (χ1v) is 12.2. The Labute approximate surface area is 196 Å². The summed E-state index contributed by atoms with van der Waals surface area (Å²) in [4.78, 5) is 41.8. The maximum Gasteiger partial charge on any atom is 0.326 e. The smallest absolute Gasteiger partial charge is 0.326 e. The molecule has 2 amide bonds. The maximum atomic E-state index is 13.7. The van der Waals surface area contributed by atoms with Gasteiger partial charge in [0.25, 0.3) is 0 Å². The van der Waals surface area contributed by atoms with E-state index in [2.05, 4.69) is 5.32 Å². The molecule has 2 fully saturated rings. The summed E-state index contributed by atoms with van der Waals surface area (Å²) in [5.74, 6) is -2.18. The van der Waals surface area contributed by atoms with Crippen LogP contribution in [-0.2, 0) is 19.1 Å². The third-order valence-electron chi connectivity index (χ3n) is 6.43. The van der Waals surface area contributed by atoms with Crippen molar-refractivity contribution in [3.8, 4) is 0 Å². The van der Waals surface area contributed by atoms with Gasteiger partial charge in [0.2, 0.25) is 11.8 Å². The molecule has 0 radical (unpaired) electrons. The van der Waals surface area contributed by atoms with Crippen LogP contribution in [0, 0.1) is 18.8 Å². The third-order valence-corrected chi connectivity index (χ3v) is 7.29. The van der Waals surface area contributed by atoms with E-state index in [4.69, 9.17) is 16.3 Å². The number of amides is 2. The Morgan fingerprint density at radius 3 is 2.38 bits per heavy atom. The number of thioether (sulfide) groups is 1. The molecule has 2 aliphatic heterocycles. The van der Waals surface area contributed by atoms with Crippen molar-refractivity contribution in [2.75, 3.05) is 24.0 Å². The van der Waals surface area contributed by atoms with Gasteiger partial charge in [0.15, 0.2) is 0 Å². The first kappa shape index (κ1) is 22.8. The predicted molar refractivity (Wildman–Crippen MR) is 126 cm³/mol. The minimum absolute atomic E-state index is 0.314. The Hall–Kier alpha value is -2.35. The van der Waals surface area contributed by atoms with Crippen LogP contribution in [0.25, 0.3) is 0 Å². The fourth-order valence-electron chi connectivity index (χ4n) is 4.87.